The summed E-state index contributed by atoms with van der Waals surface area (Å²) < 4.78 is 0. The Morgan fingerprint density at radius 3 is 2.33 bits per heavy atom. The quantitative estimate of drug-likeness (QED) is 0.402. The summed E-state index contributed by atoms with van der Waals surface area (Å²) in [7, 11) is 0. The van der Waals surface area contributed by atoms with Crippen molar-refractivity contribution in [3.05, 3.63) is 0 Å². The van der Waals surface area contributed by atoms with Crippen molar-refractivity contribution in [2.45, 2.75) is 38.1 Å². The van der Waals surface area contributed by atoms with Crippen LogP contribution in [0.25, 0.3) is 0 Å². The van der Waals surface area contributed by atoms with Gasteiger partial charge in [0.05, 0.1) is 0 Å². The molecule has 0 atom stereocenters. The van der Waals surface area contributed by atoms with Gasteiger partial charge in [-0.3, -0.25) is 11.3 Å². The van der Waals surface area contributed by atoms with E-state index in [4.69, 9.17) is 5.84 Å². The summed E-state index contributed by atoms with van der Waals surface area (Å²) in [6.45, 7) is 0. The van der Waals surface area contributed by atoms with E-state index in [0.717, 1.165) is 5.41 Å². The van der Waals surface area contributed by atoms with Crippen LogP contribution >= 0.6 is 0 Å². The molecule has 0 amide bonds. The minimum atomic E-state index is 0.644. The molecular weight excluding hydrogens is 112 g/mol. The molecule has 2 saturated carbocycles. The van der Waals surface area contributed by atoms with Gasteiger partial charge in [0.25, 0.3) is 0 Å². The maximum atomic E-state index is 5.28. The van der Waals surface area contributed by atoms with Gasteiger partial charge < -0.3 is 0 Å². The van der Waals surface area contributed by atoms with E-state index in [1.165, 1.54) is 32.1 Å². The van der Waals surface area contributed by atoms with Gasteiger partial charge >= 0.3 is 0 Å². The number of hydrazine groups is 1. The van der Waals surface area contributed by atoms with Gasteiger partial charge in [0, 0.05) is 6.04 Å². The Labute approximate surface area is 55.8 Å². The first-order valence-electron chi connectivity index (χ1n) is 3.81. The molecule has 2 heteroatoms. The van der Waals surface area contributed by atoms with Gasteiger partial charge in [-0.15, -0.1) is 0 Å². The molecule has 0 bridgehead atoms. The second-order valence-electron chi connectivity index (χ2n) is 3.63. The smallest absolute Gasteiger partial charge is 0.0221 e. The maximum Gasteiger partial charge on any atom is 0.0221 e. The van der Waals surface area contributed by atoms with Gasteiger partial charge in [0.1, 0.15) is 0 Å². The first-order valence-corrected chi connectivity index (χ1v) is 3.81. The van der Waals surface area contributed by atoms with Gasteiger partial charge in [-0.2, -0.15) is 0 Å². The van der Waals surface area contributed by atoms with Crippen LogP contribution in [-0.4, -0.2) is 6.04 Å². The SMILES string of the molecule is NNC1CC2(CCC2)C1. The lowest BCUT2D eigenvalue weighted by atomic mass is 9.54. The van der Waals surface area contributed by atoms with Gasteiger partial charge in [-0.05, 0) is 31.1 Å². The monoisotopic (exact) mass is 126 g/mol. The second-order valence-corrected chi connectivity index (χ2v) is 3.63. The topological polar surface area (TPSA) is 38.0 Å². The molecule has 0 aromatic rings. The fourth-order valence-corrected chi connectivity index (χ4v) is 2.19. The van der Waals surface area contributed by atoms with Crippen LogP contribution in [0.1, 0.15) is 32.1 Å². The highest BCUT2D eigenvalue weighted by molar-refractivity contribution is 5.01. The van der Waals surface area contributed by atoms with E-state index in [1.54, 1.807) is 0 Å². The lowest BCUT2D eigenvalue weighted by Gasteiger charge is -2.53. The molecule has 0 aromatic heterocycles. The first-order chi connectivity index (χ1) is 4.35. The van der Waals surface area contributed by atoms with Crippen LogP contribution in [0.2, 0.25) is 0 Å². The van der Waals surface area contributed by atoms with Crippen LogP contribution < -0.4 is 11.3 Å². The maximum absolute atomic E-state index is 5.28. The van der Waals surface area contributed by atoms with E-state index < -0.39 is 0 Å². The van der Waals surface area contributed by atoms with Crippen molar-refractivity contribution in [1.29, 1.82) is 0 Å². The fourth-order valence-electron chi connectivity index (χ4n) is 2.19. The van der Waals surface area contributed by atoms with Gasteiger partial charge in [0.15, 0.2) is 0 Å². The average Bonchev–Trinajstić information content (AvgIpc) is 1.59. The number of nitrogens with one attached hydrogen (secondary N) is 1. The molecule has 9 heavy (non-hydrogen) atoms. The van der Waals surface area contributed by atoms with Crippen LogP contribution in [0.3, 0.4) is 0 Å². The van der Waals surface area contributed by atoms with Gasteiger partial charge in [-0.25, -0.2) is 0 Å². The van der Waals surface area contributed by atoms with Crippen molar-refractivity contribution in [3.63, 3.8) is 0 Å². The Morgan fingerprint density at radius 1 is 1.33 bits per heavy atom. The summed E-state index contributed by atoms with van der Waals surface area (Å²) in [6.07, 6.45) is 7.06. The Kier molecular flexibility index (Phi) is 1.08. The molecule has 0 aromatic carbocycles. The van der Waals surface area contributed by atoms with Crippen molar-refractivity contribution in [1.82, 2.24) is 5.43 Å². The Morgan fingerprint density at radius 2 is 2.00 bits per heavy atom. The van der Waals surface area contributed by atoms with Crippen molar-refractivity contribution in [2.75, 3.05) is 0 Å². The molecule has 0 aliphatic heterocycles. The van der Waals surface area contributed by atoms with E-state index in [2.05, 4.69) is 5.43 Å². The van der Waals surface area contributed by atoms with Crippen LogP contribution in [0.4, 0.5) is 0 Å². The molecule has 3 N–H and O–H groups in total. The molecule has 0 unspecified atom stereocenters. The average molecular weight is 126 g/mol. The highest BCUT2D eigenvalue weighted by Gasteiger charge is 2.47. The fraction of sp³-hybridized carbons (Fsp3) is 1.00. The van der Waals surface area contributed by atoms with E-state index >= 15 is 0 Å². The highest BCUT2D eigenvalue weighted by Crippen LogP contribution is 2.55. The summed E-state index contributed by atoms with van der Waals surface area (Å²) in [4.78, 5) is 0. The number of hydrogen-bond donors (Lipinski definition) is 2. The number of nitrogens with two attached hydrogens (primary N) is 1. The molecule has 1 spiro atoms. The zero-order valence-corrected chi connectivity index (χ0v) is 5.69. The second kappa shape index (κ2) is 1.70. The molecule has 2 aliphatic rings. The molecule has 2 rings (SSSR count). The summed E-state index contributed by atoms with van der Waals surface area (Å²) in [5.74, 6) is 5.28. The molecule has 0 heterocycles. The van der Waals surface area contributed by atoms with Gasteiger partial charge in [-0.1, -0.05) is 6.42 Å². The van der Waals surface area contributed by atoms with Crippen LogP contribution in [-0.2, 0) is 0 Å². The molecule has 0 radical (unpaired) electrons. The summed E-state index contributed by atoms with van der Waals surface area (Å²) in [5, 5.41) is 0. The van der Waals surface area contributed by atoms with Crippen LogP contribution in [0.5, 0.6) is 0 Å². The molecular formula is C7H14N2. The van der Waals surface area contributed by atoms with Crippen molar-refractivity contribution >= 4 is 0 Å². The summed E-state index contributed by atoms with van der Waals surface area (Å²) in [6, 6.07) is 0.644. The third kappa shape index (κ3) is 0.700. The van der Waals surface area contributed by atoms with Gasteiger partial charge in [0.2, 0.25) is 0 Å². The Hall–Kier alpha value is -0.0800. The van der Waals surface area contributed by atoms with E-state index in [0.29, 0.717) is 6.04 Å². The first kappa shape index (κ1) is 5.69. The largest absolute Gasteiger partial charge is 0.271 e. The minimum Gasteiger partial charge on any atom is -0.271 e. The molecule has 0 saturated heterocycles. The third-order valence-electron chi connectivity index (χ3n) is 3.01. The zero-order chi connectivity index (χ0) is 6.32. The molecule has 52 valence electrons. The lowest BCUT2D eigenvalue weighted by Crippen LogP contribution is -2.54. The van der Waals surface area contributed by atoms with Crippen molar-refractivity contribution in [3.8, 4) is 0 Å². The molecule has 2 fully saturated rings. The van der Waals surface area contributed by atoms with Crippen molar-refractivity contribution in [2.24, 2.45) is 11.3 Å². The van der Waals surface area contributed by atoms with E-state index in [-0.39, 0.29) is 0 Å². The number of hydrogen-bond acceptors (Lipinski definition) is 2. The highest BCUT2D eigenvalue weighted by atomic mass is 15.2. The van der Waals surface area contributed by atoms with E-state index in [1.807, 2.05) is 0 Å². The minimum absolute atomic E-state index is 0.644. The normalized spacial score (nSPS) is 31.7. The van der Waals surface area contributed by atoms with Crippen LogP contribution in [0.15, 0.2) is 0 Å². The Bertz CT molecular complexity index is 110. The standard InChI is InChI=1S/C7H14N2/c8-9-6-4-7(5-6)2-1-3-7/h6,9H,1-5,8H2. The molecule has 2 nitrogen and oxygen atoms in total. The lowest BCUT2D eigenvalue weighted by molar-refractivity contribution is -0.00192. The summed E-state index contributed by atoms with van der Waals surface area (Å²) in [5.41, 5.74) is 3.60. The van der Waals surface area contributed by atoms with E-state index in [9.17, 15) is 0 Å². The zero-order valence-electron chi connectivity index (χ0n) is 5.69. The van der Waals surface area contributed by atoms with Crippen molar-refractivity contribution < 1.29 is 0 Å². The van der Waals surface area contributed by atoms with Crippen LogP contribution in [0, 0.1) is 5.41 Å². The third-order valence-corrected chi connectivity index (χ3v) is 3.01. The predicted octanol–water partition coefficient (Wildman–Crippen LogP) is 0.782. The Balaban J connectivity index is 1.82. The number of rotatable bonds is 1. The molecule has 2 aliphatic carbocycles. The predicted molar refractivity (Wildman–Crippen MR) is 36.6 cm³/mol. The summed E-state index contributed by atoms with van der Waals surface area (Å²) >= 11 is 0.